The molecule has 0 unspecified atom stereocenters. The lowest BCUT2D eigenvalue weighted by Gasteiger charge is -2.11. The van der Waals surface area contributed by atoms with Crippen molar-refractivity contribution in [2.45, 2.75) is 18.7 Å². The van der Waals surface area contributed by atoms with Gasteiger partial charge in [-0.1, -0.05) is 24.3 Å². The van der Waals surface area contributed by atoms with Gasteiger partial charge in [0.2, 0.25) is 0 Å². The second-order valence-corrected chi connectivity index (χ2v) is 8.47. The Morgan fingerprint density at radius 3 is 2.11 bits per heavy atom. The van der Waals surface area contributed by atoms with Gasteiger partial charge in [-0.05, 0) is 48.9 Å². The summed E-state index contributed by atoms with van der Waals surface area (Å²) in [6, 6.07) is 16.5. The number of phenolic OH excluding ortho intramolecular Hbond substituents is 1. The Bertz CT molecular complexity index is 1380. The molecular formula is C26H25N3O5S. The number of phenols is 1. The summed E-state index contributed by atoms with van der Waals surface area (Å²) in [6.45, 7) is 2.70. The fourth-order valence-corrected chi connectivity index (χ4v) is 3.73. The summed E-state index contributed by atoms with van der Waals surface area (Å²) in [7, 11) is 0. The number of nitrogens with two attached hydrogens (primary N) is 2. The minimum absolute atomic E-state index is 0.0557. The van der Waals surface area contributed by atoms with Crippen molar-refractivity contribution in [3.8, 4) is 5.75 Å². The predicted molar refractivity (Wildman–Crippen MR) is 139 cm³/mol. The van der Waals surface area contributed by atoms with Crippen LogP contribution < -0.4 is 16.8 Å². The van der Waals surface area contributed by atoms with E-state index in [4.69, 9.17) is 15.9 Å². The van der Waals surface area contributed by atoms with E-state index < -0.39 is 5.91 Å². The molecule has 4 aromatic rings. The molecule has 1 aromatic heterocycles. The van der Waals surface area contributed by atoms with Crippen LogP contribution >= 0.6 is 11.8 Å². The molecule has 0 radical (unpaired) electrons. The number of thioether (sulfide) groups is 1. The number of amides is 1. The minimum atomic E-state index is -0.392. The maximum absolute atomic E-state index is 12.5. The van der Waals surface area contributed by atoms with Gasteiger partial charge in [0.15, 0.2) is 23.1 Å². The molecule has 0 saturated carbocycles. The van der Waals surface area contributed by atoms with Gasteiger partial charge in [0.1, 0.15) is 6.26 Å². The first kappa shape index (κ1) is 25.4. The van der Waals surface area contributed by atoms with Crippen molar-refractivity contribution in [1.29, 1.82) is 0 Å². The quantitative estimate of drug-likeness (QED) is 0.126. The third kappa shape index (κ3) is 5.64. The molecule has 9 heteroatoms. The van der Waals surface area contributed by atoms with Gasteiger partial charge >= 0.3 is 0 Å². The second-order valence-electron chi connectivity index (χ2n) is 7.59. The first-order valence-corrected chi connectivity index (χ1v) is 11.7. The molecule has 0 aliphatic rings. The molecule has 0 atom stereocenters. The van der Waals surface area contributed by atoms with Crippen LogP contribution in [0.25, 0.3) is 10.8 Å². The molecule has 35 heavy (non-hydrogen) atoms. The lowest BCUT2D eigenvalue weighted by molar-refractivity contribution is 0.0984. The topological polar surface area (TPSA) is 149 Å². The number of aromatic hydroxyl groups is 1. The molecule has 0 fully saturated rings. The van der Waals surface area contributed by atoms with Crippen molar-refractivity contribution in [3.63, 3.8) is 0 Å². The number of carbonyl (C=O) groups excluding carboxylic acids is 3. The number of carbonyl (C=O) groups is 3. The Morgan fingerprint density at radius 2 is 1.57 bits per heavy atom. The number of nitrogens with one attached hydrogen (secondary N) is 1. The number of rotatable bonds is 5. The monoisotopic (exact) mass is 491 g/mol. The second kappa shape index (κ2) is 10.8. The molecule has 0 aliphatic carbocycles. The summed E-state index contributed by atoms with van der Waals surface area (Å²) >= 11 is 1.63. The number of furan rings is 1. The van der Waals surface area contributed by atoms with Gasteiger partial charge in [-0.2, -0.15) is 0 Å². The first-order valence-electron chi connectivity index (χ1n) is 10.5. The van der Waals surface area contributed by atoms with E-state index in [9.17, 15) is 19.5 Å². The number of benzene rings is 3. The van der Waals surface area contributed by atoms with E-state index in [-0.39, 0.29) is 45.6 Å². The highest BCUT2D eigenvalue weighted by Gasteiger charge is 2.17. The maximum Gasteiger partial charge on any atom is 0.259 e. The molecule has 1 heterocycles. The van der Waals surface area contributed by atoms with E-state index >= 15 is 0 Å². The smallest absolute Gasteiger partial charge is 0.259 e. The lowest BCUT2D eigenvalue weighted by Crippen LogP contribution is -2.12. The van der Waals surface area contributed by atoms with Crippen molar-refractivity contribution in [2.24, 2.45) is 0 Å². The number of anilines is 3. The van der Waals surface area contributed by atoms with Gasteiger partial charge in [0.25, 0.3) is 5.91 Å². The van der Waals surface area contributed by atoms with Crippen LogP contribution in [-0.2, 0) is 0 Å². The number of nitrogen functional groups attached to an aromatic ring is 2. The molecule has 4 rings (SSSR count). The number of ketones is 2. The molecule has 8 nitrogen and oxygen atoms in total. The number of hydrogen-bond acceptors (Lipinski definition) is 8. The van der Waals surface area contributed by atoms with E-state index in [1.165, 1.54) is 20.1 Å². The van der Waals surface area contributed by atoms with Crippen molar-refractivity contribution in [3.05, 3.63) is 77.7 Å². The zero-order valence-electron chi connectivity index (χ0n) is 19.4. The van der Waals surface area contributed by atoms with Crippen LogP contribution in [0.2, 0.25) is 0 Å². The summed E-state index contributed by atoms with van der Waals surface area (Å²) in [4.78, 5) is 35.2. The fraction of sp³-hybridized carbons (Fsp3) is 0.115. The average molecular weight is 492 g/mol. The molecule has 0 saturated heterocycles. The largest absolute Gasteiger partial charge is 0.505 e. The van der Waals surface area contributed by atoms with Crippen LogP contribution in [0.4, 0.5) is 17.1 Å². The third-order valence-electron chi connectivity index (χ3n) is 5.18. The van der Waals surface area contributed by atoms with E-state index in [0.717, 1.165) is 15.7 Å². The van der Waals surface area contributed by atoms with Crippen molar-refractivity contribution >= 4 is 57.1 Å². The summed E-state index contributed by atoms with van der Waals surface area (Å²) < 4.78 is 4.82. The van der Waals surface area contributed by atoms with Crippen LogP contribution in [0.15, 0.2) is 70.2 Å². The molecule has 6 N–H and O–H groups in total. The molecule has 0 spiro atoms. The Balaban J connectivity index is 0.000000241. The first-order chi connectivity index (χ1) is 16.6. The van der Waals surface area contributed by atoms with E-state index in [0.29, 0.717) is 5.69 Å². The van der Waals surface area contributed by atoms with Crippen LogP contribution in [0.3, 0.4) is 0 Å². The number of fused-ring (bicyclic) bond motifs is 1. The van der Waals surface area contributed by atoms with Crippen molar-refractivity contribution in [1.82, 2.24) is 0 Å². The highest BCUT2D eigenvalue weighted by molar-refractivity contribution is 7.98. The van der Waals surface area contributed by atoms with Crippen molar-refractivity contribution < 1.29 is 23.9 Å². The Kier molecular flexibility index (Phi) is 7.83. The zero-order valence-corrected chi connectivity index (χ0v) is 20.2. The standard InChI is InChI=1S/C18H16N2O2S.C8H9NO3/c1-23-13-8-6-12(7-9-13)20-18(22)15-10-11-4-2-3-5-14(11)16(19)17(15)21;1-4(10)6-3-12-8(5(2)11)7(6)9/h2-10,21H,19H2,1H3,(H,20,22);3H,9H2,1-2H3. The molecule has 0 bridgehead atoms. The summed E-state index contributed by atoms with van der Waals surface area (Å²) in [5.41, 5.74) is 12.9. The lowest BCUT2D eigenvalue weighted by atomic mass is 10.0. The van der Waals surface area contributed by atoms with Gasteiger partial charge in [-0.3, -0.25) is 14.4 Å². The fourth-order valence-electron chi connectivity index (χ4n) is 3.32. The highest BCUT2D eigenvalue weighted by atomic mass is 32.2. The Hall–Kier alpha value is -4.24. The van der Waals surface area contributed by atoms with Crippen LogP contribution in [0.1, 0.15) is 45.1 Å². The van der Waals surface area contributed by atoms with Gasteiger partial charge in [0.05, 0.1) is 22.5 Å². The van der Waals surface area contributed by atoms with Gasteiger partial charge in [-0.15, -0.1) is 11.8 Å². The van der Waals surface area contributed by atoms with E-state index in [1.54, 1.807) is 17.8 Å². The van der Waals surface area contributed by atoms with Gasteiger partial charge < -0.3 is 26.3 Å². The van der Waals surface area contributed by atoms with Gasteiger partial charge in [-0.25, -0.2) is 0 Å². The van der Waals surface area contributed by atoms with Crippen LogP contribution in [0.5, 0.6) is 5.75 Å². The van der Waals surface area contributed by atoms with Crippen molar-refractivity contribution in [2.75, 3.05) is 23.0 Å². The molecule has 180 valence electrons. The minimum Gasteiger partial charge on any atom is -0.505 e. The summed E-state index contributed by atoms with van der Waals surface area (Å²) in [5.74, 6) is -1.01. The highest BCUT2D eigenvalue weighted by Crippen LogP contribution is 2.34. The Labute approximate surface area is 206 Å². The normalized spacial score (nSPS) is 10.4. The molecular weight excluding hydrogens is 466 g/mol. The van der Waals surface area contributed by atoms with E-state index in [1.807, 2.05) is 54.8 Å². The number of hydrogen-bond donors (Lipinski definition) is 4. The maximum atomic E-state index is 12.5. The zero-order chi connectivity index (χ0) is 25.7. The average Bonchev–Trinajstić information content (AvgIpc) is 3.24. The molecule has 1 amide bonds. The SMILES string of the molecule is CC(=O)c1coc(C(C)=O)c1N.CSc1ccc(NC(=O)c2cc3ccccc3c(N)c2O)cc1. The summed E-state index contributed by atoms with van der Waals surface area (Å²) in [6.07, 6.45) is 3.19. The Morgan fingerprint density at radius 1 is 0.914 bits per heavy atom. The number of Topliss-reactive ketones (excluding diaryl/α,β-unsaturated/α-hetero) is 2. The van der Waals surface area contributed by atoms with Gasteiger partial charge in [0, 0.05) is 22.9 Å². The summed E-state index contributed by atoms with van der Waals surface area (Å²) in [5, 5.41) is 14.6. The van der Waals surface area contributed by atoms with Crippen LogP contribution in [-0.4, -0.2) is 28.8 Å². The van der Waals surface area contributed by atoms with E-state index in [2.05, 4.69) is 5.32 Å². The molecule has 0 aliphatic heterocycles. The van der Waals surface area contributed by atoms with Crippen LogP contribution in [0, 0.1) is 0 Å². The molecule has 3 aromatic carbocycles. The third-order valence-corrected chi connectivity index (χ3v) is 5.93. The predicted octanol–water partition coefficient (Wildman–Crippen LogP) is 5.37.